The number of hydrogen-bond donors (Lipinski definition) is 1. The molecule has 0 saturated carbocycles. The van der Waals surface area contributed by atoms with Gasteiger partial charge >= 0.3 is 0 Å². The Balaban J connectivity index is 1.78. The summed E-state index contributed by atoms with van der Waals surface area (Å²) in [5.74, 6) is 1.84. The minimum Gasteiger partial charge on any atom is -0.492 e. The van der Waals surface area contributed by atoms with Crippen LogP contribution in [0, 0.1) is 6.92 Å². The summed E-state index contributed by atoms with van der Waals surface area (Å²) < 4.78 is 7.84. The van der Waals surface area contributed by atoms with Crippen molar-refractivity contribution in [3.63, 3.8) is 0 Å². The van der Waals surface area contributed by atoms with Gasteiger partial charge in [-0.05, 0) is 25.5 Å². The summed E-state index contributed by atoms with van der Waals surface area (Å²) in [6.07, 6.45) is 4.45. The summed E-state index contributed by atoms with van der Waals surface area (Å²) >= 11 is 0. The van der Waals surface area contributed by atoms with Crippen LogP contribution in [-0.4, -0.2) is 22.7 Å². The highest BCUT2D eigenvalue weighted by Gasteiger charge is 2.04. The highest BCUT2D eigenvalue weighted by atomic mass is 16.5. The first-order valence-electron chi connectivity index (χ1n) is 7.25. The summed E-state index contributed by atoms with van der Waals surface area (Å²) in [7, 11) is 0. The fraction of sp³-hybridized carbons (Fsp3) is 0.438. The van der Waals surface area contributed by atoms with E-state index in [1.807, 2.05) is 37.3 Å². The van der Waals surface area contributed by atoms with Crippen molar-refractivity contribution in [3.05, 3.63) is 42.2 Å². The molecule has 0 unspecified atom stereocenters. The molecule has 1 aromatic heterocycles. The van der Waals surface area contributed by atoms with Crippen molar-refractivity contribution in [2.75, 3.05) is 18.5 Å². The zero-order valence-corrected chi connectivity index (χ0v) is 12.3. The topological polar surface area (TPSA) is 39.1 Å². The number of unbranched alkanes of at least 4 members (excludes halogenated alkanes) is 1. The minimum atomic E-state index is 0.629. The molecule has 2 rings (SSSR count). The van der Waals surface area contributed by atoms with Gasteiger partial charge in [0.25, 0.3) is 0 Å². The van der Waals surface area contributed by atoms with Crippen LogP contribution in [0.2, 0.25) is 0 Å². The van der Waals surface area contributed by atoms with E-state index in [1.54, 1.807) is 0 Å². The number of nitrogens with one attached hydrogen (secondary N) is 1. The molecule has 0 bridgehead atoms. The first-order chi connectivity index (χ1) is 9.79. The van der Waals surface area contributed by atoms with E-state index in [0.29, 0.717) is 6.61 Å². The highest BCUT2D eigenvalue weighted by molar-refractivity contribution is 5.28. The van der Waals surface area contributed by atoms with Gasteiger partial charge in [0.15, 0.2) is 0 Å². The molecule has 4 heteroatoms. The first-order valence-corrected chi connectivity index (χ1v) is 7.25. The van der Waals surface area contributed by atoms with Crippen LogP contribution in [0.25, 0.3) is 0 Å². The van der Waals surface area contributed by atoms with Crippen molar-refractivity contribution < 1.29 is 4.74 Å². The van der Waals surface area contributed by atoms with E-state index < -0.39 is 0 Å². The van der Waals surface area contributed by atoms with E-state index in [0.717, 1.165) is 30.5 Å². The summed E-state index contributed by atoms with van der Waals surface area (Å²) in [5.41, 5.74) is 1.05. The Labute approximate surface area is 120 Å². The second-order valence-electron chi connectivity index (χ2n) is 4.84. The molecule has 0 saturated heterocycles. The summed E-state index contributed by atoms with van der Waals surface area (Å²) in [6.45, 7) is 6.61. The Morgan fingerprint density at radius 3 is 2.80 bits per heavy atom. The van der Waals surface area contributed by atoms with Gasteiger partial charge in [-0.25, -0.2) is 4.98 Å². The van der Waals surface area contributed by atoms with Gasteiger partial charge in [-0.15, -0.1) is 0 Å². The number of rotatable bonds is 8. The van der Waals surface area contributed by atoms with Gasteiger partial charge in [0, 0.05) is 12.7 Å². The number of ether oxygens (including phenoxy) is 1. The van der Waals surface area contributed by atoms with Gasteiger partial charge in [-0.1, -0.05) is 31.5 Å². The van der Waals surface area contributed by atoms with Crippen LogP contribution in [0.3, 0.4) is 0 Å². The minimum absolute atomic E-state index is 0.629. The van der Waals surface area contributed by atoms with Crippen LogP contribution in [-0.2, 0) is 6.54 Å². The lowest BCUT2D eigenvalue weighted by molar-refractivity contribution is 0.332. The predicted octanol–water partition coefficient (Wildman–Crippen LogP) is 3.48. The smallest absolute Gasteiger partial charge is 0.203 e. The molecule has 0 aliphatic heterocycles. The maximum atomic E-state index is 5.66. The van der Waals surface area contributed by atoms with E-state index >= 15 is 0 Å². The van der Waals surface area contributed by atoms with Crippen LogP contribution in [0.5, 0.6) is 5.75 Å². The first kappa shape index (κ1) is 14.4. The van der Waals surface area contributed by atoms with Crippen LogP contribution < -0.4 is 10.1 Å². The molecule has 2 aromatic rings. The fourth-order valence-corrected chi connectivity index (χ4v) is 2.04. The molecule has 1 heterocycles. The average molecular weight is 273 g/mol. The number of hydrogen-bond acceptors (Lipinski definition) is 3. The molecule has 1 N–H and O–H groups in total. The predicted molar refractivity (Wildman–Crippen MR) is 82.3 cm³/mol. The number of para-hydroxylation sites is 1. The molecule has 0 spiro atoms. The Kier molecular flexibility index (Phi) is 5.47. The second-order valence-corrected chi connectivity index (χ2v) is 4.84. The number of nitrogens with zero attached hydrogens (tertiary/aromatic N) is 2. The molecular formula is C16H23N3O. The van der Waals surface area contributed by atoms with Gasteiger partial charge in [-0.2, -0.15) is 0 Å². The maximum absolute atomic E-state index is 5.66. The van der Waals surface area contributed by atoms with Crippen LogP contribution in [0.1, 0.15) is 25.5 Å². The lowest BCUT2D eigenvalue weighted by Gasteiger charge is -2.10. The third kappa shape index (κ3) is 4.30. The van der Waals surface area contributed by atoms with Crippen molar-refractivity contribution >= 4 is 5.95 Å². The van der Waals surface area contributed by atoms with Crippen LogP contribution >= 0.6 is 0 Å². The van der Waals surface area contributed by atoms with E-state index in [2.05, 4.69) is 28.0 Å². The standard InChI is InChI=1S/C16H23N3O/c1-3-4-11-19-13-14(2)18-16(19)17-10-12-20-15-8-6-5-7-9-15/h5-9,13H,3-4,10-12H2,1-2H3,(H,17,18). The van der Waals surface area contributed by atoms with Crippen molar-refractivity contribution in [2.24, 2.45) is 0 Å². The number of aromatic nitrogens is 2. The molecule has 0 fully saturated rings. The normalized spacial score (nSPS) is 10.5. The van der Waals surface area contributed by atoms with Crippen molar-refractivity contribution in [2.45, 2.75) is 33.2 Å². The molecule has 0 aliphatic rings. The molecule has 108 valence electrons. The molecule has 1 aromatic carbocycles. The number of benzene rings is 1. The summed E-state index contributed by atoms with van der Waals surface area (Å²) in [6, 6.07) is 9.87. The Hall–Kier alpha value is -1.97. The van der Waals surface area contributed by atoms with Gasteiger partial charge in [0.1, 0.15) is 12.4 Å². The quantitative estimate of drug-likeness (QED) is 0.748. The third-order valence-electron chi connectivity index (χ3n) is 3.05. The number of anilines is 1. The average Bonchev–Trinajstić information content (AvgIpc) is 2.82. The summed E-state index contributed by atoms with van der Waals surface area (Å²) in [5, 5.41) is 3.34. The molecule has 0 atom stereocenters. The van der Waals surface area contributed by atoms with Gasteiger partial charge in [-0.3, -0.25) is 0 Å². The maximum Gasteiger partial charge on any atom is 0.203 e. The van der Waals surface area contributed by atoms with E-state index in [4.69, 9.17) is 4.74 Å². The number of aryl methyl sites for hydroxylation is 2. The van der Waals surface area contributed by atoms with Crippen molar-refractivity contribution in [3.8, 4) is 5.75 Å². The Morgan fingerprint density at radius 1 is 1.25 bits per heavy atom. The highest BCUT2D eigenvalue weighted by Crippen LogP contribution is 2.11. The van der Waals surface area contributed by atoms with Gasteiger partial charge in [0.05, 0.1) is 12.2 Å². The third-order valence-corrected chi connectivity index (χ3v) is 3.05. The SMILES string of the molecule is CCCCn1cc(C)nc1NCCOc1ccccc1. The fourth-order valence-electron chi connectivity index (χ4n) is 2.04. The molecule has 0 aliphatic carbocycles. The van der Waals surface area contributed by atoms with Crippen molar-refractivity contribution in [1.82, 2.24) is 9.55 Å². The monoisotopic (exact) mass is 273 g/mol. The second kappa shape index (κ2) is 7.58. The van der Waals surface area contributed by atoms with Gasteiger partial charge < -0.3 is 14.6 Å². The van der Waals surface area contributed by atoms with E-state index in [9.17, 15) is 0 Å². The zero-order chi connectivity index (χ0) is 14.2. The van der Waals surface area contributed by atoms with Gasteiger partial charge in [0.2, 0.25) is 5.95 Å². The number of imidazole rings is 1. The molecule has 0 amide bonds. The largest absolute Gasteiger partial charge is 0.492 e. The molecule has 4 nitrogen and oxygen atoms in total. The Bertz CT molecular complexity index is 508. The lowest BCUT2D eigenvalue weighted by Crippen LogP contribution is -2.14. The molecule has 20 heavy (non-hydrogen) atoms. The van der Waals surface area contributed by atoms with Crippen LogP contribution in [0.4, 0.5) is 5.95 Å². The zero-order valence-electron chi connectivity index (χ0n) is 12.3. The van der Waals surface area contributed by atoms with Crippen molar-refractivity contribution in [1.29, 1.82) is 0 Å². The Morgan fingerprint density at radius 2 is 2.05 bits per heavy atom. The van der Waals surface area contributed by atoms with Crippen LogP contribution in [0.15, 0.2) is 36.5 Å². The summed E-state index contributed by atoms with van der Waals surface area (Å²) in [4.78, 5) is 4.50. The molecule has 0 radical (unpaired) electrons. The van der Waals surface area contributed by atoms with E-state index in [1.165, 1.54) is 12.8 Å². The molecular weight excluding hydrogens is 250 g/mol. The van der Waals surface area contributed by atoms with E-state index in [-0.39, 0.29) is 0 Å². The lowest BCUT2D eigenvalue weighted by atomic mass is 10.3.